The molecule has 0 fully saturated rings. The summed E-state index contributed by atoms with van der Waals surface area (Å²) in [6.07, 6.45) is 2.78. The maximum Gasteiger partial charge on any atom is 0.0858 e. The zero-order valence-corrected chi connectivity index (χ0v) is 11.3. The van der Waals surface area contributed by atoms with Crippen molar-refractivity contribution in [3.63, 3.8) is 0 Å². The smallest absolute Gasteiger partial charge is 0.0858 e. The van der Waals surface area contributed by atoms with Gasteiger partial charge in [0, 0.05) is 5.92 Å². The predicted molar refractivity (Wildman–Crippen MR) is 78.3 cm³/mol. The van der Waals surface area contributed by atoms with Gasteiger partial charge < -0.3 is 5.11 Å². The molecule has 0 bridgehead atoms. The Hall–Kier alpha value is -1.60. The summed E-state index contributed by atoms with van der Waals surface area (Å²) in [6, 6.07) is 16.9. The lowest BCUT2D eigenvalue weighted by atomic mass is 9.90. The van der Waals surface area contributed by atoms with E-state index >= 15 is 0 Å². The van der Waals surface area contributed by atoms with Gasteiger partial charge in [-0.25, -0.2) is 0 Å². The fourth-order valence-electron chi connectivity index (χ4n) is 3.15. The molecule has 0 amide bonds. The number of aryl methyl sites for hydroxylation is 2. The minimum atomic E-state index is -0.379. The summed E-state index contributed by atoms with van der Waals surface area (Å²) < 4.78 is 0. The fourth-order valence-corrected chi connectivity index (χ4v) is 3.15. The summed E-state index contributed by atoms with van der Waals surface area (Å²) in [7, 11) is 0. The van der Waals surface area contributed by atoms with Gasteiger partial charge in [-0.1, -0.05) is 55.5 Å². The summed E-state index contributed by atoms with van der Waals surface area (Å²) in [5.74, 6) is 0.253. The van der Waals surface area contributed by atoms with Crippen molar-refractivity contribution in [2.24, 2.45) is 0 Å². The molecule has 0 radical (unpaired) electrons. The molecule has 1 nitrogen and oxygen atoms in total. The van der Waals surface area contributed by atoms with Crippen LogP contribution in [0.5, 0.6) is 0 Å². The third-order valence-corrected chi connectivity index (χ3v) is 4.26. The Balaban J connectivity index is 1.90. The van der Waals surface area contributed by atoms with Crippen LogP contribution in [0.3, 0.4) is 0 Å². The highest BCUT2D eigenvalue weighted by Gasteiger charge is 2.29. The Labute approximate surface area is 114 Å². The highest BCUT2D eigenvalue weighted by atomic mass is 16.3. The van der Waals surface area contributed by atoms with Crippen molar-refractivity contribution in [2.45, 2.75) is 38.2 Å². The van der Waals surface area contributed by atoms with E-state index in [2.05, 4.69) is 49.4 Å². The molecular weight excluding hydrogens is 232 g/mol. The first kappa shape index (κ1) is 12.4. The summed E-state index contributed by atoms with van der Waals surface area (Å²) in [4.78, 5) is 0. The standard InChI is InChI=1S/C18H20O/c1-2-13-6-5-8-15(12-13)18(19)17-11-10-14-7-3-4-9-16(14)17/h3-9,12,17-19H,2,10-11H2,1H3. The molecule has 0 saturated carbocycles. The van der Waals surface area contributed by atoms with E-state index in [1.165, 1.54) is 16.7 Å². The SMILES string of the molecule is CCc1cccc(C(O)C2CCc3ccccc32)c1. The Bertz CT molecular complexity index is 573. The zero-order valence-electron chi connectivity index (χ0n) is 11.3. The maximum atomic E-state index is 10.7. The lowest BCUT2D eigenvalue weighted by molar-refractivity contribution is 0.145. The van der Waals surface area contributed by atoms with Crippen molar-refractivity contribution in [1.29, 1.82) is 0 Å². The van der Waals surface area contributed by atoms with Crippen molar-refractivity contribution in [3.05, 3.63) is 70.8 Å². The second-order valence-corrected chi connectivity index (χ2v) is 5.39. The van der Waals surface area contributed by atoms with E-state index in [0.29, 0.717) is 0 Å². The molecule has 1 heteroatoms. The van der Waals surface area contributed by atoms with Gasteiger partial charge in [0.25, 0.3) is 0 Å². The van der Waals surface area contributed by atoms with Crippen LogP contribution < -0.4 is 0 Å². The van der Waals surface area contributed by atoms with Crippen molar-refractivity contribution in [2.75, 3.05) is 0 Å². The van der Waals surface area contributed by atoms with Crippen LogP contribution in [-0.2, 0) is 12.8 Å². The lowest BCUT2D eigenvalue weighted by Crippen LogP contribution is -2.08. The van der Waals surface area contributed by atoms with Crippen molar-refractivity contribution in [1.82, 2.24) is 0 Å². The second-order valence-electron chi connectivity index (χ2n) is 5.39. The third-order valence-electron chi connectivity index (χ3n) is 4.26. The monoisotopic (exact) mass is 252 g/mol. The molecule has 1 N–H and O–H groups in total. The van der Waals surface area contributed by atoms with Gasteiger partial charge in [-0.15, -0.1) is 0 Å². The molecular formula is C18H20O. The molecule has 2 aromatic carbocycles. The third kappa shape index (κ3) is 2.31. The Kier molecular flexibility index (Phi) is 3.39. The van der Waals surface area contributed by atoms with Gasteiger partial charge in [0.2, 0.25) is 0 Å². The first-order valence-corrected chi connectivity index (χ1v) is 7.14. The van der Waals surface area contributed by atoms with Crippen LogP contribution in [0, 0.1) is 0 Å². The van der Waals surface area contributed by atoms with E-state index in [1.54, 1.807) is 0 Å². The molecule has 0 aromatic heterocycles. The Morgan fingerprint density at radius 2 is 2.00 bits per heavy atom. The molecule has 98 valence electrons. The van der Waals surface area contributed by atoms with Crippen LogP contribution in [0.2, 0.25) is 0 Å². The predicted octanol–water partition coefficient (Wildman–Crippen LogP) is 4.01. The Morgan fingerprint density at radius 1 is 1.16 bits per heavy atom. The number of hydrogen-bond acceptors (Lipinski definition) is 1. The van der Waals surface area contributed by atoms with E-state index in [9.17, 15) is 5.11 Å². The molecule has 1 aliphatic carbocycles. The maximum absolute atomic E-state index is 10.7. The average molecular weight is 252 g/mol. The summed E-state index contributed by atoms with van der Waals surface area (Å²) in [5, 5.41) is 10.7. The summed E-state index contributed by atoms with van der Waals surface area (Å²) in [6.45, 7) is 2.15. The van der Waals surface area contributed by atoms with Gasteiger partial charge in [-0.3, -0.25) is 0 Å². The fraction of sp³-hybridized carbons (Fsp3) is 0.333. The quantitative estimate of drug-likeness (QED) is 0.875. The molecule has 19 heavy (non-hydrogen) atoms. The van der Waals surface area contributed by atoms with E-state index in [0.717, 1.165) is 24.8 Å². The molecule has 0 saturated heterocycles. The van der Waals surface area contributed by atoms with Crippen molar-refractivity contribution in [3.8, 4) is 0 Å². The van der Waals surface area contributed by atoms with Crippen molar-refractivity contribution < 1.29 is 5.11 Å². The number of benzene rings is 2. The molecule has 0 spiro atoms. The molecule has 2 unspecified atom stereocenters. The Morgan fingerprint density at radius 3 is 2.84 bits per heavy atom. The van der Waals surface area contributed by atoms with Crippen LogP contribution in [-0.4, -0.2) is 5.11 Å². The molecule has 3 rings (SSSR count). The van der Waals surface area contributed by atoms with Crippen LogP contribution >= 0.6 is 0 Å². The molecule has 2 aromatic rings. The highest BCUT2D eigenvalue weighted by Crippen LogP contribution is 2.41. The minimum absolute atomic E-state index is 0.253. The molecule has 0 heterocycles. The molecule has 0 aliphatic heterocycles. The number of aliphatic hydroxyl groups is 1. The van der Waals surface area contributed by atoms with E-state index in [4.69, 9.17) is 0 Å². The second kappa shape index (κ2) is 5.18. The lowest BCUT2D eigenvalue weighted by Gasteiger charge is -2.20. The first-order chi connectivity index (χ1) is 9.29. The van der Waals surface area contributed by atoms with Gasteiger partial charge in [0.1, 0.15) is 0 Å². The van der Waals surface area contributed by atoms with E-state index in [-0.39, 0.29) is 12.0 Å². The summed E-state index contributed by atoms with van der Waals surface area (Å²) in [5.41, 5.74) is 5.08. The van der Waals surface area contributed by atoms with Crippen molar-refractivity contribution >= 4 is 0 Å². The van der Waals surface area contributed by atoms with Crippen LogP contribution in [0.15, 0.2) is 48.5 Å². The van der Waals surface area contributed by atoms with Crippen LogP contribution in [0.25, 0.3) is 0 Å². The zero-order chi connectivity index (χ0) is 13.2. The van der Waals surface area contributed by atoms with Gasteiger partial charge in [0.05, 0.1) is 6.10 Å². The largest absolute Gasteiger partial charge is 0.388 e. The number of rotatable bonds is 3. The minimum Gasteiger partial charge on any atom is -0.388 e. The van der Waals surface area contributed by atoms with Gasteiger partial charge in [-0.2, -0.15) is 0 Å². The van der Waals surface area contributed by atoms with Crippen LogP contribution in [0.4, 0.5) is 0 Å². The van der Waals surface area contributed by atoms with Gasteiger partial charge >= 0.3 is 0 Å². The number of hydrogen-bond donors (Lipinski definition) is 1. The molecule has 2 atom stereocenters. The van der Waals surface area contributed by atoms with E-state index in [1.807, 2.05) is 6.07 Å². The summed E-state index contributed by atoms with van der Waals surface area (Å²) >= 11 is 0. The van der Waals surface area contributed by atoms with E-state index < -0.39 is 0 Å². The van der Waals surface area contributed by atoms with Gasteiger partial charge in [-0.05, 0) is 41.5 Å². The number of aliphatic hydroxyl groups excluding tert-OH is 1. The highest BCUT2D eigenvalue weighted by molar-refractivity contribution is 5.38. The molecule has 1 aliphatic rings. The van der Waals surface area contributed by atoms with Crippen LogP contribution in [0.1, 0.15) is 47.6 Å². The van der Waals surface area contributed by atoms with Gasteiger partial charge in [0.15, 0.2) is 0 Å². The topological polar surface area (TPSA) is 20.2 Å². The number of fused-ring (bicyclic) bond motifs is 1. The average Bonchev–Trinajstić information content (AvgIpc) is 2.90. The normalized spacial score (nSPS) is 19.2. The first-order valence-electron chi connectivity index (χ1n) is 7.14.